The number of nitro groups is 1. The Morgan fingerprint density at radius 1 is 1.12 bits per heavy atom. The molecule has 0 atom stereocenters. The van der Waals surface area contributed by atoms with Gasteiger partial charge < -0.3 is 0 Å². The molecule has 3 aromatic rings. The van der Waals surface area contributed by atoms with Crippen LogP contribution in [0.5, 0.6) is 0 Å². The topological polar surface area (TPSA) is 61.0 Å². The van der Waals surface area contributed by atoms with E-state index in [1.54, 1.807) is 23.0 Å². The molecule has 9 heteroatoms. The maximum absolute atomic E-state index is 11.1. The molecule has 0 unspecified atom stereocenters. The quantitative estimate of drug-likeness (QED) is 0.232. The maximum Gasteiger partial charge on any atom is 0.270 e. The summed E-state index contributed by atoms with van der Waals surface area (Å²) in [6.07, 6.45) is 3.40. The fraction of sp³-hybridized carbons (Fsp3) is 0.0625. The molecule has 1 heterocycles. The molecule has 0 aliphatic heterocycles. The second-order valence-corrected chi connectivity index (χ2v) is 9.15. The van der Waals surface area contributed by atoms with E-state index in [2.05, 4.69) is 4.98 Å². The van der Waals surface area contributed by atoms with E-state index in [9.17, 15) is 10.1 Å². The third kappa shape index (κ3) is 4.27. The van der Waals surface area contributed by atoms with Crippen LogP contribution in [0.4, 0.5) is 5.69 Å². The number of alkyl halides is 3. The predicted octanol–water partition coefficient (Wildman–Crippen LogP) is 5.87. The van der Waals surface area contributed by atoms with E-state index >= 15 is 0 Å². The number of nitrogens with zero attached hydrogens (tertiary/aromatic N) is 3. The fourth-order valence-corrected chi connectivity index (χ4v) is 3.77. The van der Waals surface area contributed by atoms with Gasteiger partial charge in [0.1, 0.15) is 5.82 Å². The minimum absolute atomic E-state index is 0.0816. The van der Waals surface area contributed by atoms with Crippen LogP contribution < -0.4 is 0 Å². The zero-order chi connectivity index (χ0) is 18.0. The zero-order valence-corrected chi connectivity index (χ0v) is 15.6. The molecular formula is C16H10Cl3N3O2S. The van der Waals surface area contributed by atoms with Crippen molar-refractivity contribution in [1.29, 1.82) is 0 Å². The largest absolute Gasteiger partial charge is 0.299 e. The lowest BCUT2D eigenvalue weighted by Gasteiger charge is -2.16. The van der Waals surface area contributed by atoms with Crippen LogP contribution in [-0.4, -0.2) is 17.6 Å². The van der Waals surface area contributed by atoms with Crippen molar-refractivity contribution in [3.8, 4) is 17.1 Å². The van der Waals surface area contributed by atoms with Crippen LogP contribution in [0, 0.1) is 10.1 Å². The Bertz CT molecular complexity index is 910. The number of hydrogen-bond acceptors (Lipinski definition) is 4. The summed E-state index contributed by atoms with van der Waals surface area (Å²) < 4.78 is 0.148. The van der Waals surface area contributed by atoms with Crippen LogP contribution >= 0.6 is 46.6 Å². The maximum atomic E-state index is 11.1. The highest BCUT2D eigenvalue weighted by Gasteiger charge is 2.25. The summed E-state index contributed by atoms with van der Waals surface area (Å²) in [5, 5.41) is 11.1. The molecule has 3 rings (SSSR count). The van der Waals surface area contributed by atoms with Gasteiger partial charge in [0, 0.05) is 35.0 Å². The third-order valence-electron chi connectivity index (χ3n) is 3.31. The molecule has 0 radical (unpaired) electrons. The van der Waals surface area contributed by atoms with Crippen LogP contribution in [0.25, 0.3) is 17.1 Å². The normalized spacial score (nSPS) is 11.5. The first-order valence-electron chi connectivity index (χ1n) is 6.98. The molecule has 0 N–H and O–H groups in total. The standard InChI is InChI=1S/C16H10Cl3N3O2S/c17-16(18,19)25-14-10-12(22(23)24)6-7-13(14)21-9-8-20-15(21)11-4-2-1-3-5-11/h1-10H. The lowest BCUT2D eigenvalue weighted by molar-refractivity contribution is -0.385. The van der Waals surface area contributed by atoms with Crippen molar-refractivity contribution in [2.45, 2.75) is 8.02 Å². The highest BCUT2D eigenvalue weighted by atomic mass is 35.6. The number of thioether (sulfide) groups is 1. The Balaban J connectivity index is 2.15. The molecule has 1 aromatic heterocycles. The van der Waals surface area contributed by atoms with Crippen LogP contribution in [-0.2, 0) is 0 Å². The predicted molar refractivity (Wildman–Crippen MR) is 102 cm³/mol. The third-order valence-corrected chi connectivity index (χ3v) is 4.78. The van der Waals surface area contributed by atoms with Gasteiger partial charge in [0.05, 0.1) is 10.6 Å². The fourth-order valence-electron chi connectivity index (χ4n) is 2.32. The smallest absolute Gasteiger partial charge is 0.270 e. The molecular weight excluding hydrogens is 405 g/mol. The molecule has 0 saturated carbocycles. The summed E-state index contributed by atoms with van der Waals surface area (Å²) in [6.45, 7) is 0. The molecule has 0 aliphatic rings. The molecule has 0 amide bonds. The Morgan fingerprint density at radius 2 is 1.84 bits per heavy atom. The van der Waals surface area contributed by atoms with E-state index in [-0.39, 0.29) is 5.69 Å². The number of hydrogen-bond donors (Lipinski definition) is 0. The second-order valence-electron chi connectivity index (χ2n) is 4.94. The van der Waals surface area contributed by atoms with Gasteiger partial charge in [-0.3, -0.25) is 14.7 Å². The van der Waals surface area contributed by atoms with Crippen molar-refractivity contribution >= 4 is 52.3 Å². The molecule has 128 valence electrons. The number of benzene rings is 2. The number of halogens is 3. The van der Waals surface area contributed by atoms with Crippen molar-refractivity contribution in [2.24, 2.45) is 0 Å². The minimum atomic E-state index is -1.66. The number of aromatic nitrogens is 2. The summed E-state index contributed by atoms with van der Waals surface area (Å²) >= 11 is 18.6. The van der Waals surface area contributed by atoms with Crippen LogP contribution in [0.1, 0.15) is 0 Å². The van der Waals surface area contributed by atoms with Gasteiger partial charge in [0.15, 0.2) is 0 Å². The SMILES string of the molecule is O=[N+]([O-])c1ccc(-n2ccnc2-c2ccccc2)c(SC(Cl)(Cl)Cl)c1. The summed E-state index contributed by atoms with van der Waals surface area (Å²) in [6, 6.07) is 14.0. The second kappa shape index (κ2) is 7.25. The molecule has 0 fully saturated rings. The molecule has 2 aromatic carbocycles. The number of rotatable bonds is 4. The van der Waals surface area contributed by atoms with Gasteiger partial charge in [-0.2, -0.15) is 0 Å². The van der Waals surface area contributed by atoms with Gasteiger partial charge in [-0.1, -0.05) is 76.9 Å². The summed E-state index contributed by atoms with van der Waals surface area (Å²) in [4.78, 5) is 15.4. The van der Waals surface area contributed by atoms with Crippen LogP contribution in [0.3, 0.4) is 0 Å². The lowest BCUT2D eigenvalue weighted by Crippen LogP contribution is -2.02. The Hall–Kier alpha value is -1.73. The molecule has 0 bridgehead atoms. The zero-order valence-electron chi connectivity index (χ0n) is 12.5. The first-order chi connectivity index (χ1) is 11.8. The van der Waals surface area contributed by atoms with Crippen LogP contribution in [0.15, 0.2) is 65.8 Å². The summed E-state index contributed by atoms with van der Waals surface area (Å²) in [5.41, 5.74) is 1.45. The van der Waals surface area contributed by atoms with E-state index < -0.39 is 8.05 Å². The van der Waals surface area contributed by atoms with Gasteiger partial charge in [0.2, 0.25) is 3.12 Å². The van der Waals surface area contributed by atoms with Gasteiger partial charge in [-0.15, -0.1) is 0 Å². The first kappa shape index (κ1) is 18.1. The van der Waals surface area contributed by atoms with Crippen molar-refractivity contribution in [3.05, 3.63) is 71.0 Å². The highest BCUT2D eigenvalue weighted by molar-refractivity contribution is 8.04. The Kier molecular flexibility index (Phi) is 5.24. The molecule has 5 nitrogen and oxygen atoms in total. The van der Waals surface area contributed by atoms with E-state index in [0.717, 1.165) is 17.3 Å². The Labute approximate surface area is 162 Å². The van der Waals surface area contributed by atoms with E-state index in [1.165, 1.54) is 12.1 Å². The number of nitro benzene ring substituents is 1. The molecule has 25 heavy (non-hydrogen) atoms. The highest BCUT2D eigenvalue weighted by Crippen LogP contribution is 2.46. The average molecular weight is 415 g/mol. The van der Waals surface area contributed by atoms with Crippen molar-refractivity contribution < 1.29 is 4.92 Å². The van der Waals surface area contributed by atoms with Gasteiger partial charge in [0.25, 0.3) is 5.69 Å². The molecule has 0 spiro atoms. The summed E-state index contributed by atoms with van der Waals surface area (Å²) in [5.74, 6) is 0.681. The van der Waals surface area contributed by atoms with Gasteiger partial charge in [-0.25, -0.2) is 4.98 Å². The van der Waals surface area contributed by atoms with Crippen molar-refractivity contribution in [3.63, 3.8) is 0 Å². The van der Waals surface area contributed by atoms with Gasteiger partial charge >= 0.3 is 0 Å². The van der Waals surface area contributed by atoms with Crippen molar-refractivity contribution in [2.75, 3.05) is 0 Å². The Morgan fingerprint density at radius 3 is 2.48 bits per heavy atom. The number of non-ortho nitro benzene ring substituents is 1. The number of imidazole rings is 1. The van der Waals surface area contributed by atoms with E-state index in [1.807, 2.05) is 30.3 Å². The molecule has 0 aliphatic carbocycles. The minimum Gasteiger partial charge on any atom is -0.299 e. The first-order valence-corrected chi connectivity index (χ1v) is 8.93. The summed E-state index contributed by atoms with van der Waals surface area (Å²) in [7, 11) is 0. The van der Waals surface area contributed by atoms with Crippen molar-refractivity contribution in [1.82, 2.24) is 9.55 Å². The lowest BCUT2D eigenvalue weighted by atomic mass is 10.2. The van der Waals surface area contributed by atoms with Crippen LogP contribution in [0.2, 0.25) is 0 Å². The monoisotopic (exact) mass is 413 g/mol. The average Bonchev–Trinajstić information content (AvgIpc) is 3.03. The molecule has 0 saturated heterocycles. The van der Waals surface area contributed by atoms with E-state index in [0.29, 0.717) is 16.4 Å². The van der Waals surface area contributed by atoms with Gasteiger partial charge in [-0.05, 0) is 6.07 Å². The van der Waals surface area contributed by atoms with E-state index in [4.69, 9.17) is 34.8 Å².